The Balaban J connectivity index is 2.04. The van der Waals surface area contributed by atoms with Gasteiger partial charge in [0.2, 0.25) is 0 Å². The molecular weight excluding hydrogens is 252 g/mol. The smallest absolute Gasteiger partial charge is 0.127 e. The molecule has 3 heteroatoms. The van der Waals surface area contributed by atoms with E-state index in [0.29, 0.717) is 0 Å². The van der Waals surface area contributed by atoms with Crippen molar-refractivity contribution in [2.24, 2.45) is 0 Å². The molecule has 0 spiro atoms. The van der Waals surface area contributed by atoms with Gasteiger partial charge in [0, 0.05) is 0 Å². The van der Waals surface area contributed by atoms with Gasteiger partial charge in [-0.1, -0.05) is 6.07 Å². The van der Waals surface area contributed by atoms with Crippen LogP contribution < -0.4 is 9.47 Å². The Morgan fingerprint density at radius 1 is 0.900 bits per heavy atom. The van der Waals surface area contributed by atoms with E-state index in [1.165, 1.54) is 11.1 Å². The van der Waals surface area contributed by atoms with Crippen LogP contribution in [-0.2, 0) is 0 Å². The fourth-order valence-corrected chi connectivity index (χ4v) is 1.77. The lowest BCUT2D eigenvalue weighted by Crippen LogP contribution is -2.15. The van der Waals surface area contributed by atoms with Crippen molar-refractivity contribution in [3.05, 3.63) is 53.6 Å². The molecule has 0 saturated carbocycles. The summed E-state index contributed by atoms with van der Waals surface area (Å²) in [4.78, 5) is 0. The Hall–Kier alpha value is -2.00. The van der Waals surface area contributed by atoms with Gasteiger partial charge in [-0.15, -0.1) is 0 Å². The van der Waals surface area contributed by atoms with E-state index in [0.717, 1.165) is 17.2 Å². The highest BCUT2D eigenvalue weighted by molar-refractivity contribution is 5.38. The summed E-state index contributed by atoms with van der Waals surface area (Å²) >= 11 is 0. The van der Waals surface area contributed by atoms with Gasteiger partial charge in [0.1, 0.15) is 23.4 Å². The maximum Gasteiger partial charge on any atom is 0.127 e. The third kappa shape index (κ3) is 3.75. The normalized spacial score (nSPS) is 12.0. The summed E-state index contributed by atoms with van der Waals surface area (Å²) < 4.78 is 11.3. The van der Waals surface area contributed by atoms with Crippen LogP contribution >= 0.6 is 0 Å². The van der Waals surface area contributed by atoms with Gasteiger partial charge in [0.05, 0.1) is 6.61 Å². The highest BCUT2D eigenvalue weighted by Gasteiger charge is 2.03. The van der Waals surface area contributed by atoms with Crippen LogP contribution in [0.2, 0.25) is 0 Å². The van der Waals surface area contributed by atoms with Crippen molar-refractivity contribution in [3.8, 4) is 17.2 Å². The van der Waals surface area contributed by atoms with Crippen molar-refractivity contribution in [2.45, 2.75) is 26.9 Å². The Bertz CT molecular complexity index is 561. The molecule has 0 aliphatic carbocycles. The predicted molar refractivity (Wildman–Crippen MR) is 79.6 cm³/mol. The molecule has 0 aliphatic heterocycles. The van der Waals surface area contributed by atoms with Crippen LogP contribution in [0.25, 0.3) is 0 Å². The molecular formula is C17H20O3. The van der Waals surface area contributed by atoms with Crippen LogP contribution in [0.3, 0.4) is 0 Å². The Kier molecular flexibility index (Phi) is 4.64. The van der Waals surface area contributed by atoms with Crippen molar-refractivity contribution in [1.82, 2.24) is 0 Å². The van der Waals surface area contributed by atoms with Crippen molar-refractivity contribution in [2.75, 3.05) is 6.61 Å². The first kappa shape index (κ1) is 14.4. The molecule has 0 aromatic heterocycles. The van der Waals surface area contributed by atoms with Crippen LogP contribution in [0.4, 0.5) is 0 Å². The Labute approximate surface area is 119 Å². The first-order valence-corrected chi connectivity index (χ1v) is 6.71. The van der Waals surface area contributed by atoms with E-state index in [2.05, 4.69) is 13.8 Å². The molecule has 0 bridgehead atoms. The zero-order valence-corrected chi connectivity index (χ0v) is 12.1. The number of aliphatic hydroxyl groups excluding tert-OH is 1. The van der Waals surface area contributed by atoms with Gasteiger partial charge in [0.15, 0.2) is 0 Å². The molecule has 20 heavy (non-hydrogen) atoms. The van der Waals surface area contributed by atoms with E-state index in [-0.39, 0.29) is 12.7 Å². The molecule has 0 amide bonds. The summed E-state index contributed by atoms with van der Waals surface area (Å²) in [6, 6.07) is 13.4. The monoisotopic (exact) mass is 272 g/mol. The first-order chi connectivity index (χ1) is 9.58. The van der Waals surface area contributed by atoms with Crippen molar-refractivity contribution >= 4 is 0 Å². The van der Waals surface area contributed by atoms with Crippen LogP contribution in [0.5, 0.6) is 17.2 Å². The minimum absolute atomic E-state index is 0.000888. The second kappa shape index (κ2) is 6.44. The average Bonchev–Trinajstić information content (AvgIpc) is 2.45. The number of aliphatic hydroxyl groups is 1. The van der Waals surface area contributed by atoms with E-state index in [4.69, 9.17) is 14.6 Å². The maximum atomic E-state index is 8.94. The molecule has 0 radical (unpaired) electrons. The Morgan fingerprint density at radius 2 is 1.50 bits per heavy atom. The first-order valence-electron chi connectivity index (χ1n) is 6.71. The van der Waals surface area contributed by atoms with Gasteiger partial charge in [-0.05, 0) is 68.3 Å². The van der Waals surface area contributed by atoms with Crippen molar-refractivity contribution in [3.63, 3.8) is 0 Å². The second-order valence-corrected chi connectivity index (χ2v) is 4.93. The lowest BCUT2D eigenvalue weighted by atomic mass is 10.1. The topological polar surface area (TPSA) is 38.7 Å². The van der Waals surface area contributed by atoms with Gasteiger partial charge < -0.3 is 14.6 Å². The number of hydrogen-bond acceptors (Lipinski definition) is 3. The van der Waals surface area contributed by atoms with E-state index in [1.807, 2.05) is 49.4 Å². The van der Waals surface area contributed by atoms with E-state index in [9.17, 15) is 0 Å². The molecule has 0 heterocycles. The summed E-state index contributed by atoms with van der Waals surface area (Å²) in [5.74, 6) is 2.31. The van der Waals surface area contributed by atoms with Crippen LogP contribution in [0.15, 0.2) is 42.5 Å². The lowest BCUT2D eigenvalue weighted by molar-refractivity contribution is 0.129. The van der Waals surface area contributed by atoms with Gasteiger partial charge in [-0.25, -0.2) is 0 Å². The largest absolute Gasteiger partial charge is 0.488 e. The van der Waals surface area contributed by atoms with Gasteiger partial charge in [-0.3, -0.25) is 0 Å². The zero-order valence-electron chi connectivity index (χ0n) is 12.1. The second-order valence-electron chi connectivity index (χ2n) is 4.93. The lowest BCUT2D eigenvalue weighted by Gasteiger charge is -2.12. The van der Waals surface area contributed by atoms with E-state index < -0.39 is 0 Å². The minimum Gasteiger partial charge on any atom is -0.488 e. The summed E-state index contributed by atoms with van der Waals surface area (Å²) in [6.07, 6.45) is -0.207. The number of rotatable bonds is 5. The molecule has 0 aliphatic rings. The third-order valence-corrected chi connectivity index (χ3v) is 3.13. The summed E-state index contributed by atoms with van der Waals surface area (Å²) in [5.41, 5.74) is 2.46. The van der Waals surface area contributed by atoms with Crippen LogP contribution in [-0.4, -0.2) is 17.8 Å². The molecule has 2 aromatic carbocycles. The molecule has 2 rings (SSSR count). The maximum absolute atomic E-state index is 8.94. The number of aryl methyl sites for hydroxylation is 2. The number of hydrogen-bond donors (Lipinski definition) is 1. The molecule has 1 atom stereocenters. The average molecular weight is 272 g/mol. The highest BCUT2D eigenvalue weighted by atomic mass is 16.5. The molecule has 1 N–H and O–H groups in total. The van der Waals surface area contributed by atoms with Crippen molar-refractivity contribution in [1.29, 1.82) is 0 Å². The highest BCUT2D eigenvalue weighted by Crippen LogP contribution is 2.25. The molecule has 0 fully saturated rings. The summed E-state index contributed by atoms with van der Waals surface area (Å²) in [7, 11) is 0. The molecule has 1 unspecified atom stereocenters. The fourth-order valence-electron chi connectivity index (χ4n) is 1.77. The molecule has 106 valence electrons. The molecule has 2 aromatic rings. The minimum atomic E-state index is -0.207. The van der Waals surface area contributed by atoms with E-state index in [1.54, 1.807) is 0 Å². The fraction of sp³-hybridized carbons (Fsp3) is 0.294. The van der Waals surface area contributed by atoms with Crippen molar-refractivity contribution < 1.29 is 14.6 Å². The van der Waals surface area contributed by atoms with Crippen LogP contribution in [0, 0.1) is 13.8 Å². The predicted octanol–water partition coefficient (Wildman–Crippen LogP) is 3.86. The Morgan fingerprint density at radius 3 is 2.10 bits per heavy atom. The SMILES string of the molecule is Cc1ccc(Oc2ccc(OC(C)CO)cc2)cc1C. The quantitative estimate of drug-likeness (QED) is 0.898. The third-order valence-electron chi connectivity index (χ3n) is 3.13. The van der Waals surface area contributed by atoms with E-state index >= 15 is 0 Å². The standard InChI is InChI=1S/C17H20O3/c1-12-4-5-17(10-13(12)2)20-16-8-6-15(7-9-16)19-14(3)11-18/h4-10,14,18H,11H2,1-3H3. The number of benzene rings is 2. The molecule has 3 nitrogen and oxygen atoms in total. The van der Waals surface area contributed by atoms with Gasteiger partial charge >= 0.3 is 0 Å². The summed E-state index contributed by atoms with van der Waals surface area (Å²) in [6.45, 7) is 5.96. The number of ether oxygens (including phenoxy) is 2. The molecule has 0 saturated heterocycles. The van der Waals surface area contributed by atoms with Gasteiger partial charge in [0.25, 0.3) is 0 Å². The van der Waals surface area contributed by atoms with Crippen LogP contribution in [0.1, 0.15) is 18.1 Å². The summed E-state index contributed by atoms with van der Waals surface area (Å²) in [5, 5.41) is 8.94. The van der Waals surface area contributed by atoms with Gasteiger partial charge in [-0.2, -0.15) is 0 Å². The zero-order chi connectivity index (χ0) is 14.5.